The second-order valence-electron chi connectivity index (χ2n) is 4.70. The number of hydrogen-bond acceptors (Lipinski definition) is 3. The molecule has 1 N–H and O–H groups in total. The van der Waals surface area contributed by atoms with E-state index in [9.17, 15) is 8.42 Å². The third kappa shape index (κ3) is 3.68. The number of aromatic nitrogens is 1. The maximum Gasteiger partial charge on any atom is 0.244 e. The fraction of sp³-hybridized carbons (Fsp3) is 0.538. The summed E-state index contributed by atoms with van der Waals surface area (Å²) in [6.07, 6.45) is 1.66. The first-order valence-electron chi connectivity index (χ1n) is 6.27. The summed E-state index contributed by atoms with van der Waals surface area (Å²) < 4.78 is 28.3. The van der Waals surface area contributed by atoms with Crippen LogP contribution in [0.15, 0.2) is 29.3 Å². The van der Waals surface area contributed by atoms with Crippen molar-refractivity contribution < 1.29 is 8.42 Å². The molecule has 0 atom stereocenters. The molecule has 5 nitrogen and oxygen atoms in total. The van der Waals surface area contributed by atoms with Crippen LogP contribution in [-0.2, 0) is 23.6 Å². The van der Waals surface area contributed by atoms with Crippen molar-refractivity contribution in [3.05, 3.63) is 30.1 Å². The van der Waals surface area contributed by atoms with Gasteiger partial charge < -0.3 is 9.88 Å². The summed E-state index contributed by atoms with van der Waals surface area (Å²) >= 11 is 0. The molecule has 0 bridgehead atoms. The molecule has 1 heterocycles. The predicted molar refractivity (Wildman–Crippen MR) is 77.4 cm³/mol. The van der Waals surface area contributed by atoms with Crippen molar-refractivity contribution in [1.82, 2.24) is 14.2 Å². The molecule has 108 valence electrons. The molecular weight excluding hydrogens is 262 g/mol. The molecule has 1 rings (SSSR count). The molecule has 0 aliphatic carbocycles. The van der Waals surface area contributed by atoms with E-state index in [1.165, 1.54) is 4.31 Å². The number of rotatable bonds is 7. The zero-order chi connectivity index (χ0) is 14.6. The van der Waals surface area contributed by atoms with Crippen LogP contribution in [0.2, 0.25) is 0 Å². The molecule has 19 heavy (non-hydrogen) atoms. The monoisotopic (exact) mass is 285 g/mol. The zero-order valence-electron chi connectivity index (χ0n) is 12.1. The van der Waals surface area contributed by atoms with Gasteiger partial charge in [0, 0.05) is 38.6 Å². The van der Waals surface area contributed by atoms with Crippen LogP contribution in [0.3, 0.4) is 0 Å². The minimum atomic E-state index is -3.44. The van der Waals surface area contributed by atoms with E-state index in [1.54, 1.807) is 12.3 Å². The highest BCUT2D eigenvalue weighted by molar-refractivity contribution is 7.89. The van der Waals surface area contributed by atoms with Crippen LogP contribution in [0.5, 0.6) is 0 Å². The van der Waals surface area contributed by atoms with Gasteiger partial charge in [-0.1, -0.05) is 19.1 Å². The Balaban J connectivity index is 3.11. The summed E-state index contributed by atoms with van der Waals surface area (Å²) in [7, 11) is 0.240. The fourth-order valence-electron chi connectivity index (χ4n) is 1.89. The third-order valence-corrected chi connectivity index (χ3v) is 4.76. The van der Waals surface area contributed by atoms with Crippen molar-refractivity contribution >= 4 is 10.0 Å². The lowest BCUT2D eigenvalue weighted by Crippen LogP contribution is -2.32. The van der Waals surface area contributed by atoms with E-state index in [0.29, 0.717) is 24.5 Å². The first-order valence-corrected chi connectivity index (χ1v) is 7.71. The normalized spacial score (nSPS) is 12.1. The van der Waals surface area contributed by atoms with Crippen molar-refractivity contribution in [1.29, 1.82) is 0 Å². The lowest BCUT2D eigenvalue weighted by Gasteiger charge is -2.19. The fourth-order valence-corrected chi connectivity index (χ4v) is 3.50. The number of hydrogen-bond donors (Lipinski definition) is 1. The van der Waals surface area contributed by atoms with Gasteiger partial charge >= 0.3 is 0 Å². The molecule has 6 heteroatoms. The lowest BCUT2D eigenvalue weighted by molar-refractivity contribution is 0.453. The van der Waals surface area contributed by atoms with Crippen LogP contribution >= 0.6 is 0 Å². The second-order valence-corrected chi connectivity index (χ2v) is 6.63. The molecule has 0 aromatic carbocycles. The van der Waals surface area contributed by atoms with Crippen molar-refractivity contribution in [2.75, 3.05) is 20.1 Å². The van der Waals surface area contributed by atoms with Gasteiger partial charge in [0.25, 0.3) is 0 Å². The summed E-state index contributed by atoms with van der Waals surface area (Å²) in [5.74, 6) is 0. The van der Waals surface area contributed by atoms with E-state index in [-0.39, 0.29) is 0 Å². The van der Waals surface area contributed by atoms with E-state index in [1.807, 2.05) is 32.5 Å². The van der Waals surface area contributed by atoms with Gasteiger partial charge in [-0.25, -0.2) is 8.42 Å². The molecule has 0 radical (unpaired) electrons. The van der Waals surface area contributed by atoms with Crippen LogP contribution in [0.4, 0.5) is 0 Å². The van der Waals surface area contributed by atoms with Crippen molar-refractivity contribution in [3.63, 3.8) is 0 Å². The Morgan fingerprint density at radius 3 is 2.63 bits per heavy atom. The Morgan fingerprint density at radius 1 is 1.53 bits per heavy atom. The molecule has 0 amide bonds. The summed E-state index contributed by atoms with van der Waals surface area (Å²) in [5.41, 5.74) is 1.77. The highest BCUT2D eigenvalue weighted by atomic mass is 32.2. The summed E-state index contributed by atoms with van der Waals surface area (Å²) in [6.45, 7) is 8.87. The third-order valence-electron chi connectivity index (χ3n) is 2.88. The topological polar surface area (TPSA) is 54.3 Å². The SMILES string of the molecule is C=C(C)CN(CC)S(=O)(=O)c1cc(CNC)n(C)c1. The quantitative estimate of drug-likeness (QED) is 0.769. The number of aryl methyl sites for hydroxylation is 1. The van der Waals surface area contributed by atoms with Gasteiger partial charge in [0.1, 0.15) is 4.90 Å². The number of sulfonamides is 1. The van der Waals surface area contributed by atoms with Crippen LogP contribution in [0, 0.1) is 0 Å². The van der Waals surface area contributed by atoms with E-state index in [4.69, 9.17) is 0 Å². The van der Waals surface area contributed by atoms with Gasteiger partial charge in [0.05, 0.1) is 0 Å². The van der Waals surface area contributed by atoms with Gasteiger partial charge in [-0.05, 0) is 20.0 Å². The first kappa shape index (κ1) is 15.9. The molecule has 0 aliphatic heterocycles. The van der Waals surface area contributed by atoms with Crippen molar-refractivity contribution in [2.45, 2.75) is 25.3 Å². The number of nitrogens with one attached hydrogen (secondary N) is 1. The standard InChI is InChI=1S/C13H23N3O2S/c1-6-16(9-11(2)3)19(17,18)13-7-12(8-14-4)15(5)10-13/h7,10,14H,2,6,8-9H2,1,3-5H3. The molecule has 0 saturated heterocycles. The smallest absolute Gasteiger partial charge is 0.244 e. The van der Waals surface area contributed by atoms with Gasteiger partial charge in [0.2, 0.25) is 10.0 Å². The molecule has 0 spiro atoms. The lowest BCUT2D eigenvalue weighted by atomic mass is 10.3. The van der Waals surface area contributed by atoms with Gasteiger partial charge in [0.15, 0.2) is 0 Å². The first-order chi connectivity index (χ1) is 8.82. The summed E-state index contributed by atoms with van der Waals surface area (Å²) in [5, 5.41) is 3.02. The molecule has 0 unspecified atom stereocenters. The molecular formula is C13H23N3O2S. The highest BCUT2D eigenvalue weighted by Gasteiger charge is 2.24. The number of likely N-dealkylation sites (N-methyl/N-ethyl adjacent to an activating group) is 1. The Kier molecular flexibility index (Phi) is 5.34. The highest BCUT2D eigenvalue weighted by Crippen LogP contribution is 2.19. The summed E-state index contributed by atoms with van der Waals surface area (Å²) in [4.78, 5) is 0.336. The van der Waals surface area contributed by atoms with E-state index < -0.39 is 10.0 Å². The minimum Gasteiger partial charge on any atom is -0.352 e. The molecule has 0 fully saturated rings. The molecule has 0 aliphatic rings. The van der Waals surface area contributed by atoms with Gasteiger partial charge in [-0.15, -0.1) is 0 Å². The summed E-state index contributed by atoms with van der Waals surface area (Å²) in [6, 6.07) is 1.72. The van der Waals surface area contributed by atoms with E-state index in [0.717, 1.165) is 11.3 Å². The second kappa shape index (κ2) is 6.36. The Labute approximate surface area is 116 Å². The van der Waals surface area contributed by atoms with Crippen LogP contribution in [0.1, 0.15) is 19.5 Å². The minimum absolute atomic E-state index is 0.336. The maximum absolute atomic E-state index is 12.5. The molecule has 0 saturated carbocycles. The van der Waals surface area contributed by atoms with Crippen LogP contribution in [0.25, 0.3) is 0 Å². The zero-order valence-corrected chi connectivity index (χ0v) is 12.9. The van der Waals surface area contributed by atoms with Crippen LogP contribution in [-0.4, -0.2) is 37.4 Å². The van der Waals surface area contributed by atoms with Gasteiger partial charge in [-0.2, -0.15) is 4.31 Å². The van der Waals surface area contributed by atoms with E-state index >= 15 is 0 Å². The average Bonchev–Trinajstić information content (AvgIpc) is 2.69. The molecule has 1 aromatic rings. The Hall–Kier alpha value is -1.11. The average molecular weight is 285 g/mol. The van der Waals surface area contributed by atoms with Crippen molar-refractivity contribution in [3.8, 4) is 0 Å². The predicted octanol–water partition coefficient (Wildman–Crippen LogP) is 1.33. The largest absolute Gasteiger partial charge is 0.352 e. The Bertz CT molecular complexity index is 546. The maximum atomic E-state index is 12.5. The van der Waals surface area contributed by atoms with Gasteiger partial charge in [-0.3, -0.25) is 0 Å². The van der Waals surface area contributed by atoms with E-state index in [2.05, 4.69) is 11.9 Å². The van der Waals surface area contributed by atoms with Crippen LogP contribution < -0.4 is 5.32 Å². The molecule has 1 aromatic heterocycles. The Morgan fingerprint density at radius 2 is 2.16 bits per heavy atom. The number of nitrogens with zero attached hydrogens (tertiary/aromatic N) is 2. The van der Waals surface area contributed by atoms with Crippen molar-refractivity contribution in [2.24, 2.45) is 7.05 Å².